The number of nitrogens with one attached hydrogen (secondary N) is 1. The summed E-state index contributed by atoms with van der Waals surface area (Å²) in [5.74, 6) is 0.772. The Morgan fingerprint density at radius 2 is 1.90 bits per heavy atom. The van der Waals surface area contributed by atoms with Crippen LogP contribution in [0.5, 0.6) is 0 Å². The maximum atomic E-state index is 13.6. The molecular formula is C32H49N5O4. The van der Waals surface area contributed by atoms with Crippen molar-refractivity contribution in [3.8, 4) is 0 Å². The number of aromatic nitrogens is 2. The van der Waals surface area contributed by atoms with Crippen LogP contribution in [0.4, 0.5) is 5.82 Å². The van der Waals surface area contributed by atoms with Gasteiger partial charge in [-0.15, -0.1) is 0 Å². The Hall–Kier alpha value is -2.59. The zero-order chi connectivity index (χ0) is 29.2. The third-order valence-corrected chi connectivity index (χ3v) is 8.33. The van der Waals surface area contributed by atoms with E-state index in [1.165, 1.54) is 17.5 Å². The summed E-state index contributed by atoms with van der Waals surface area (Å²) in [5, 5.41) is 3.72. The number of benzene rings is 1. The van der Waals surface area contributed by atoms with Gasteiger partial charge in [-0.05, 0) is 64.9 Å². The first-order valence-corrected chi connectivity index (χ1v) is 15.3. The molecule has 2 aliphatic heterocycles. The van der Waals surface area contributed by atoms with Gasteiger partial charge in [0.25, 0.3) is 5.91 Å². The van der Waals surface area contributed by atoms with E-state index in [2.05, 4.69) is 51.4 Å². The molecule has 3 atom stereocenters. The molecule has 2 aromatic rings. The molecule has 0 bridgehead atoms. The third kappa shape index (κ3) is 8.70. The average molecular weight is 568 g/mol. The number of hydrogen-bond donors (Lipinski definition) is 1. The minimum Gasteiger partial charge on any atom is -0.383 e. The van der Waals surface area contributed by atoms with Crippen LogP contribution in [0.25, 0.3) is 0 Å². The van der Waals surface area contributed by atoms with Crippen molar-refractivity contribution in [1.82, 2.24) is 20.2 Å². The topological polar surface area (TPSA) is 89.1 Å². The van der Waals surface area contributed by atoms with E-state index in [9.17, 15) is 4.79 Å². The van der Waals surface area contributed by atoms with Crippen LogP contribution in [0.1, 0.15) is 78.7 Å². The number of carbonyl (C=O) groups is 1. The molecule has 0 saturated carbocycles. The number of aryl methyl sites for hydroxylation is 1. The summed E-state index contributed by atoms with van der Waals surface area (Å²) in [6, 6.07) is 9.27. The molecule has 1 aromatic heterocycles. The first-order chi connectivity index (χ1) is 19.9. The number of carbonyl (C=O) groups excluding carboxylic acids is 1. The van der Waals surface area contributed by atoms with E-state index in [1.54, 1.807) is 7.11 Å². The lowest BCUT2D eigenvalue weighted by atomic mass is 9.97. The first kappa shape index (κ1) is 31.3. The maximum Gasteiger partial charge on any atom is 0.272 e. The van der Waals surface area contributed by atoms with Gasteiger partial charge in [-0.2, -0.15) is 0 Å². The van der Waals surface area contributed by atoms with Crippen LogP contribution >= 0.6 is 0 Å². The predicted octanol–water partition coefficient (Wildman–Crippen LogP) is 4.48. The van der Waals surface area contributed by atoms with Crippen LogP contribution in [0.15, 0.2) is 30.6 Å². The van der Waals surface area contributed by atoms with Crippen molar-refractivity contribution in [3.05, 3.63) is 53.0 Å². The SMILES string of the molecule is CCOCC[C@H](COC)NC1CCN(C(=O)c2ncnc(N(C)CC3CCC[C@@H](c4ccc(C)cc4)O3)c2C)CC1. The van der Waals surface area contributed by atoms with Crippen LogP contribution in [0, 0.1) is 13.8 Å². The molecule has 4 rings (SSSR count). The van der Waals surface area contributed by atoms with E-state index in [-0.39, 0.29) is 24.2 Å². The Balaban J connectivity index is 1.32. The summed E-state index contributed by atoms with van der Waals surface area (Å²) in [4.78, 5) is 26.6. The number of rotatable bonds is 13. The van der Waals surface area contributed by atoms with Crippen LogP contribution < -0.4 is 10.2 Å². The molecule has 1 N–H and O–H groups in total. The number of likely N-dealkylation sites (tertiary alicyclic amines) is 1. The first-order valence-electron chi connectivity index (χ1n) is 15.3. The fraction of sp³-hybridized carbons (Fsp3) is 0.656. The maximum absolute atomic E-state index is 13.6. The van der Waals surface area contributed by atoms with Crippen LogP contribution in [-0.2, 0) is 14.2 Å². The van der Waals surface area contributed by atoms with Crippen molar-refractivity contribution in [3.63, 3.8) is 0 Å². The number of hydrogen-bond acceptors (Lipinski definition) is 8. The number of methoxy groups -OCH3 is 1. The van der Waals surface area contributed by atoms with Gasteiger partial charge in [0.05, 0.1) is 18.8 Å². The third-order valence-electron chi connectivity index (χ3n) is 8.33. The Kier molecular flexibility index (Phi) is 11.9. The number of anilines is 1. The molecular weight excluding hydrogens is 518 g/mol. The molecule has 0 aliphatic carbocycles. The van der Waals surface area contributed by atoms with Crippen LogP contribution in [-0.4, -0.2) is 92.6 Å². The minimum atomic E-state index is -0.0175. The molecule has 1 aromatic carbocycles. The Bertz CT molecular complexity index is 1090. The zero-order valence-electron chi connectivity index (χ0n) is 25.6. The van der Waals surface area contributed by atoms with Crippen molar-refractivity contribution in [2.24, 2.45) is 0 Å². The molecule has 2 aliphatic rings. The van der Waals surface area contributed by atoms with Crippen LogP contribution in [0.3, 0.4) is 0 Å². The second-order valence-electron chi connectivity index (χ2n) is 11.5. The monoisotopic (exact) mass is 567 g/mol. The van der Waals surface area contributed by atoms with Crippen molar-refractivity contribution in [1.29, 1.82) is 0 Å². The summed E-state index contributed by atoms with van der Waals surface area (Å²) in [7, 11) is 3.76. The van der Waals surface area contributed by atoms with Crippen molar-refractivity contribution in [2.45, 2.75) is 83.6 Å². The van der Waals surface area contributed by atoms with Gasteiger partial charge < -0.3 is 29.3 Å². The lowest BCUT2D eigenvalue weighted by Crippen LogP contribution is -2.49. The van der Waals surface area contributed by atoms with E-state index < -0.39 is 0 Å². The summed E-state index contributed by atoms with van der Waals surface area (Å²) in [5.41, 5.74) is 3.81. The second kappa shape index (κ2) is 15.6. The van der Waals surface area contributed by atoms with E-state index >= 15 is 0 Å². The number of likely N-dealkylation sites (N-methyl/N-ethyl adjacent to an activating group) is 1. The van der Waals surface area contributed by atoms with Gasteiger partial charge >= 0.3 is 0 Å². The predicted molar refractivity (Wildman–Crippen MR) is 162 cm³/mol. The lowest BCUT2D eigenvalue weighted by molar-refractivity contribution is -0.0466. The number of piperidine rings is 1. The largest absolute Gasteiger partial charge is 0.383 e. The highest BCUT2D eigenvalue weighted by Gasteiger charge is 2.29. The minimum absolute atomic E-state index is 0.0175. The molecule has 226 valence electrons. The Labute approximate surface area is 246 Å². The molecule has 41 heavy (non-hydrogen) atoms. The van der Waals surface area contributed by atoms with E-state index in [0.29, 0.717) is 31.4 Å². The second-order valence-corrected chi connectivity index (χ2v) is 11.5. The van der Waals surface area contributed by atoms with E-state index in [1.807, 2.05) is 25.8 Å². The Morgan fingerprint density at radius 1 is 1.15 bits per heavy atom. The smallest absolute Gasteiger partial charge is 0.272 e. The van der Waals surface area contributed by atoms with Crippen molar-refractivity contribution < 1.29 is 19.0 Å². The van der Waals surface area contributed by atoms with Gasteiger partial charge in [-0.3, -0.25) is 4.79 Å². The molecule has 9 heteroatoms. The van der Waals surface area contributed by atoms with Crippen molar-refractivity contribution >= 4 is 11.7 Å². The molecule has 2 fully saturated rings. The standard InChI is InChI=1S/C32H49N5O4/c1-6-40-19-16-27(21-39-5)35-26-14-17-37(18-15-26)32(38)30-24(3)31(34-22-33-30)36(4)20-28-8-7-9-29(41-28)25-12-10-23(2)11-13-25/h10-13,22,26-29,35H,6-9,14-21H2,1-5H3/t27-,28?,29+/m1/s1. The lowest BCUT2D eigenvalue weighted by Gasteiger charge is -2.35. The molecule has 1 amide bonds. The zero-order valence-corrected chi connectivity index (χ0v) is 25.6. The molecule has 1 unspecified atom stereocenters. The molecule has 2 saturated heterocycles. The normalized spacial score (nSPS) is 20.7. The summed E-state index contributed by atoms with van der Waals surface area (Å²) < 4.78 is 17.5. The van der Waals surface area contributed by atoms with Gasteiger partial charge in [0, 0.05) is 64.7 Å². The van der Waals surface area contributed by atoms with Gasteiger partial charge in [0.1, 0.15) is 17.8 Å². The van der Waals surface area contributed by atoms with Gasteiger partial charge in [-0.25, -0.2) is 9.97 Å². The van der Waals surface area contributed by atoms with Gasteiger partial charge in [0.2, 0.25) is 0 Å². The summed E-state index contributed by atoms with van der Waals surface area (Å²) >= 11 is 0. The summed E-state index contributed by atoms with van der Waals surface area (Å²) in [6.45, 7) is 10.3. The molecule has 0 spiro atoms. The molecule has 3 heterocycles. The average Bonchev–Trinajstić information content (AvgIpc) is 2.98. The Morgan fingerprint density at radius 3 is 2.61 bits per heavy atom. The highest BCUT2D eigenvalue weighted by atomic mass is 16.5. The summed E-state index contributed by atoms with van der Waals surface area (Å²) in [6.07, 6.45) is 7.66. The molecule has 9 nitrogen and oxygen atoms in total. The van der Waals surface area contributed by atoms with Gasteiger partial charge in [0.15, 0.2) is 0 Å². The van der Waals surface area contributed by atoms with Crippen molar-refractivity contribution in [2.75, 3.05) is 58.5 Å². The van der Waals surface area contributed by atoms with E-state index in [0.717, 1.165) is 69.7 Å². The number of nitrogens with zero attached hydrogens (tertiary/aromatic N) is 4. The fourth-order valence-corrected chi connectivity index (χ4v) is 6.01. The van der Waals surface area contributed by atoms with Gasteiger partial charge in [-0.1, -0.05) is 29.8 Å². The van der Waals surface area contributed by atoms with Crippen LogP contribution in [0.2, 0.25) is 0 Å². The fourth-order valence-electron chi connectivity index (χ4n) is 6.01. The number of ether oxygens (including phenoxy) is 3. The quantitative estimate of drug-likeness (QED) is 0.355. The van der Waals surface area contributed by atoms with E-state index in [4.69, 9.17) is 14.2 Å². The highest BCUT2D eigenvalue weighted by molar-refractivity contribution is 5.94. The number of amides is 1. The highest BCUT2D eigenvalue weighted by Crippen LogP contribution is 2.32. The molecule has 0 radical (unpaired) electrons.